The summed E-state index contributed by atoms with van der Waals surface area (Å²) in [5.74, 6) is -1.19. The van der Waals surface area contributed by atoms with Crippen molar-refractivity contribution in [2.45, 2.75) is 17.0 Å². The molecule has 1 saturated heterocycles. The summed E-state index contributed by atoms with van der Waals surface area (Å²) in [5.41, 5.74) is 4.10. The first-order valence-electron chi connectivity index (χ1n) is 4.87. The van der Waals surface area contributed by atoms with Gasteiger partial charge in [0.15, 0.2) is 5.03 Å². The third-order valence-electron chi connectivity index (χ3n) is 2.78. The van der Waals surface area contributed by atoms with Crippen molar-refractivity contribution in [3.8, 4) is 0 Å². The average Bonchev–Trinajstić information content (AvgIpc) is 2.86. The van der Waals surface area contributed by atoms with Gasteiger partial charge in [0.25, 0.3) is 10.0 Å². The van der Waals surface area contributed by atoms with Crippen molar-refractivity contribution in [3.05, 3.63) is 12.5 Å². The molecule has 0 bridgehead atoms. The number of hydrogen-bond donors (Lipinski definition) is 3. The van der Waals surface area contributed by atoms with E-state index >= 15 is 0 Å². The van der Waals surface area contributed by atoms with E-state index in [1.165, 1.54) is 12.5 Å². The van der Waals surface area contributed by atoms with Gasteiger partial charge in [0.1, 0.15) is 5.54 Å². The van der Waals surface area contributed by atoms with Crippen LogP contribution in [-0.2, 0) is 14.8 Å². The Labute approximate surface area is 97.5 Å². The standard InChI is InChI=1S/C8H12N4O4S/c9-8(7(13)14)1-2-12(4-8)17(15,16)6-3-10-5-11-6/h3,5H,1-2,4,9H2,(H,10,11)(H,13,14). The summed E-state index contributed by atoms with van der Waals surface area (Å²) in [6.45, 7) is -0.145. The maximum absolute atomic E-state index is 12.0. The molecule has 1 unspecified atom stereocenters. The smallest absolute Gasteiger partial charge is 0.325 e. The number of nitrogens with one attached hydrogen (secondary N) is 1. The molecule has 1 aromatic rings. The zero-order valence-corrected chi connectivity index (χ0v) is 9.64. The molecule has 0 saturated carbocycles. The van der Waals surface area contributed by atoms with Crippen molar-refractivity contribution in [3.63, 3.8) is 0 Å². The van der Waals surface area contributed by atoms with Crippen molar-refractivity contribution < 1.29 is 18.3 Å². The second-order valence-electron chi connectivity index (χ2n) is 3.97. The molecule has 1 aromatic heterocycles. The summed E-state index contributed by atoms with van der Waals surface area (Å²) < 4.78 is 25.1. The Bertz CT molecular complexity index is 526. The van der Waals surface area contributed by atoms with E-state index in [4.69, 9.17) is 10.8 Å². The summed E-state index contributed by atoms with van der Waals surface area (Å²) in [7, 11) is -3.73. The third-order valence-corrected chi connectivity index (χ3v) is 4.55. The van der Waals surface area contributed by atoms with Gasteiger partial charge in [0.05, 0.1) is 12.5 Å². The number of nitrogens with two attached hydrogens (primary N) is 1. The van der Waals surface area contributed by atoms with Crippen LogP contribution in [0.1, 0.15) is 6.42 Å². The van der Waals surface area contributed by atoms with E-state index in [1.807, 2.05) is 0 Å². The van der Waals surface area contributed by atoms with Crippen LogP contribution in [0.3, 0.4) is 0 Å². The van der Waals surface area contributed by atoms with E-state index in [-0.39, 0.29) is 24.5 Å². The number of nitrogens with zero attached hydrogens (tertiary/aromatic N) is 2. The van der Waals surface area contributed by atoms with Crippen LogP contribution in [0.5, 0.6) is 0 Å². The largest absolute Gasteiger partial charge is 0.480 e. The van der Waals surface area contributed by atoms with E-state index in [1.54, 1.807) is 0 Å². The van der Waals surface area contributed by atoms with E-state index < -0.39 is 21.5 Å². The highest BCUT2D eigenvalue weighted by molar-refractivity contribution is 7.89. The molecule has 94 valence electrons. The number of carboxylic acid groups (broad SMARTS) is 1. The minimum Gasteiger partial charge on any atom is -0.480 e. The number of H-pyrrole nitrogens is 1. The number of sulfonamides is 1. The first-order valence-corrected chi connectivity index (χ1v) is 6.31. The minimum atomic E-state index is -3.73. The Morgan fingerprint density at radius 2 is 2.35 bits per heavy atom. The van der Waals surface area contributed by atoms with Crippen molar-refractivity contribution in [1.29, 1.82) is 0 Å². The molecule has 2 heterocycles. The molecule has 4 N–H and O–H groups in total. The van der Waals surface area contributed by atoms with E-state index in [0.29, 0.717) is 0 Å². The number of imidazole rings is 1. The molecule has 17 heavy (non-hydrogen) atoms. The van der Waals surface area contributed by atoms with Crippen molar-refractivity contribution in [2.24, 2.45) is 5.73 Å². The number of aromatic amines is 1. The number of rotatable bonds is 3. The lowest BCUT2D eigenvalue weighted by molar-refractivity contribution is -0.142. The molecule has 0 aliphatic carbocycles. The van der Waals surface area contributed by atoms with Crippen LogP contribution in [0, 0.1) is 0 Å². The molecule has 1 aliphatic rings. The fourth-order valence-corrected chi connectivity index (χ4v) is 3.11. The summed E-state index contributed by atoms with van der Waals surface area (Å²) in [6, 6.07) is 0. The summed E-state index contributed by atoms with van der Waals surface area (Å²) >= 11 is 0. The summed E-state index contributed by atoms with van der Waals surface area (Å²) in [5, 5.41) is 8.86. The van der Waals surface area contributed by atoms with Gasteiger partial charge in [0.2, 0.25) is 0 Å². The van der Waals surface area contributed by atoms with Crippen LogP contribution >= 0.6 is 0 Å². The molecule has 1 aliphatic heterocycles. The van der Waals surface area contributed by atoms with Gasteiger partial charge in [-0.2, -0.15) is 4.31 Å². The highest BCUT2D eigenvalue weighted by Crippen LogP contribution is 2.24. The van der Waals surface area contributed by atoms with Crippen molar-refractivity contribution >= 4 is 16.0 Å². The van der Waals surface area contributed by atoms with Gasteiger partial charge in [0, 0.05) is 13.1 Å². The maximum Gasteiger partial charge on any atom is 0.325 e. The maximum atomic E-state index is 12.0. The van der Waals surface area contributed by atoms with Crippen molar-refractivity contribution in [2.75, 3.05) is 13.1 Å². The molecule has 1 fully saturated rings. The van der Waals surface area contributed by atoms with Gasteiger partial charge in [-0.3, -0.25) is 4.79 Å². The molecule has 0 radical (unpaired) electrons. The molecule has 2 rings (SSSR count). The SMILES string of the molecule is NC1(C(=O)O)CCN(S(=O)(=O)c2cnc[nH]2)C1. The van der Waals surface area contributed by atoms with Gasteiger partial charge in [-0.15, -0.1) is 0 Å². The molecular formula is C8H12N4O4S. The Morgan fingerprint density at radius 1 is 1.65 bits per heavy atom. The van der Waals surface area contributed by atoms with Gasteiger partial charge in [-0.25, -0.2) is 13.4 Å². The van der Waals surface area contributed by atoms with Gasteiger partial charge >= 0.3 is 5.97 Å². The van der Waals surface area contributed by atoms with Crippen LogP contribution in [0.4, 0.5) is 0 Å². The molecular weight excluding hydrogens is 248 g/mol. The zero-order valence-electron chi connectivity index (χ0n) is 8.83. The van der Waals surface area contributed by atoms with Gasteiger partial charge < -0.3 is 15.8 Å². The predicted molar refractivity (Wildman–Crippen MR) is 56.5 cm³/mol. The zero-order chi connectivity index (χ0) is 12.7. The highest BCUT2D eigenvalue weighted by atomic mass is 32.2. The lowest BCUT2D eigenvalue weighted by Crippen LogP contribution is -2.50. The molecule has 0 spiro atoms. The van der Waals surface area contributed by atoms with Crippen LogP contribution < -0.4 is 5.73 Å². The van der Waals surface area contributed by atoms with E-state index in [9.17, 15) is 13.2 Å². The fraction of sp³-hybridized carbons (Fsp3) is 0.500. The number of hydrogen-bond acceptors (Lipinski definition) is 5. The molecule has 0 amide bonds. The third kappa shape index (κ3) is 1.92. The Kier molecular flexibility index (Phi) is 2.68. The van der Waals surface area contributed by atoms with Gasteiger partial charge in [-0.05, 0) is 6.42 Å². The first-order chi connectivity index (χ1) is 7.86. The fourth-order valence-electron chi connectivity index (χ4n) is 1.70. The molecule has 1 atom stereocenters. The Hall–Kier alpha value is -1.45. The first kappa shape index (κ1) is 12.0. The number of carbonyl (C=O) groups is 1. The van der Waals surface area contributed by atoms with Crippen LogP contribution in [0.25, 0.3) is 0 Å². The average molecular weight is 260 g/mol. The molecule has 9 heteroatoms. The summed E-state index contributed by atoms with van der Waals surface area (Å²) in [4.78, 5) is 17.0. The van der Waals surface area contributed by atoms with E-state index in [0.717, 1.165) is 4.31 Å². The van der Waals surface area contributed by atoms with Crippen LogP contribution in [0.15, 0.2) is 17.6 Å². The Balaban J connectivity index is 2.25. The number of aliphatic carboxylic acids is 1. The minimum absolute atomic E-state index is 0.0628. The predicted octanol–water partition coefficient (Wildman–Crippen LogP) is -1.41. The van der Waals surface area contributed by atoms with Crippen LogP contribution in [-0.4, -0.2) is 52.4 Å². The lowest BCUT2D eigenvalue weighted by atomic mass is 10.0. The lowest BCUT2D eigenvalue weighted by Gasteiger charge is -2.19. The number of carboxylic acids is 1. The topological polar surface area (TPSA) is 129 Å². The Morgan fingerprint density at radius 3 is 2.82 bits per heavy atom. The second-order valence-corrected chi connectivity index (χ2v) is 5.87. The molecule has 0 aromatic carbocycles. The summed E-state index contributed by atoms with van der Waals surface area (Å²) in [6.07, 6.45) is 2.51. The molecule has 8 nitrogen and oxygen atoms in total. The number of aromatic nitrogens is 2. The monoisotopic (exact) mass is 260 g/mol. The quantitative estimate of drug-likeness (QED) is 0.612. The normalized spacial score (nSPS) is 26.2. The van der Waals surface area contributed by atoms with Gasteiger partial charge in [-0.1, -0.05) is 0 Å². The highest BCUT2D eigenvalue weighted by Gasteiger charge is 2.45. The van der Waals surface area contributed by atoms with Crippen molar-refractivity contribution in [1.82, 2.24) is 14.3 Å². The second kappa shape index (κ2) is 3.79. The van der Waals surface area contributed by atoms with Crippen LogP contribution in [0.2, 0.25) is 0 Å². The van der Waals surface area contributed by atoms with E-state index in [2.05, 4.69) is 9.97 Å².